The molecule has 0 fully saturated rings. The summed E-state index contributed by atoms with van der Waals surface area (Å²) in [6.45, 7) is 0. The maximum absolute atomic E-state index is 13.1. The normalized spacial score (nSPS) is 13.8. The second-order valence-electron chi connectivity index (χ2n) is 3.43. The Bertz CT molecular complexity index is 592. The van der Waals surface area contributed by atoms with Crippen molar-refractivity contribution in [2.75, 3.05) is 0 Å². The fourth-order valence-corrected chi connectivity index (χ4v) is 1.53. The van der Waals surface area contributed by atoms with Gasteiger partial charge in [-0.15, -0.1) is 4.57 Å². The monoisotopic (exact) mass is 331 g/mol. The van der Waals surface area contributed by atoms with E-state index in [1.54, 1.807) is 0 Å². The van der Waals surface area contributed by atoms with Gasteiger partial charge in [-0.25, -0.2) is 0 Å². The summed E-state index contributed by atoms with van der Waals surface area (Å²) in [5.74, 6) is 0. The Hall–Kier alpha value is -1.53. The molecule has 0 saturated heterocycles. The van der Waals surface area contributed by atoms with Crippen molar-refractivity contribution in [1.82, 2.24) is 4.57 Å². The molecule has 0 amide bonds. The molecule has 1 heterocycles. The Morgan fingerprint density at radius 2 is 1.75 bits per heavy atom. The van der Waals surface area contributed by atoms with Gasteiger partial charge in [0.25, 0.3) is 0 Å². The fraction of sp³-hybridized carbons (Fsp3) is 0.571. The van der Waals surface area contributed by atoms with E-state index in [1.165, 1.54) is 0 Å². The van der Waals surface area contributed by atoms with Gasteiger partial charge >= 0.3 is 34.1 Å². The van der Waals surface area contributed by atoms with Gasteiger partial charge in [0.05, 0.1) is 7.05 Å². The molecule has 0 bridgehead atoms. The number of aryl methyl sites for hydroxylation is 1. The van der Waals surface area contributed by atoms with E-state index in [0.717, 1.165) is 7.05 Å². The number of hydrogen-bond donors (Lipinski definition) is 0. The summed E-state index contributed by atoms with van der Waals surface area (Å²) in [4.78, 5) is 0. The summed E-state index contributed by atoms with van der Waals surface area (Å²) in [5, 5.41) is 0. The predicted octanol–water partition coefficient (Wildman–Crippen LogP) is 1.36. The van der Waals surface area contributed by atoms with E-state index >= 15 is 0 Å². The molecule has 13 heteroatoms. The first kappa shape index (κ1) is 16.5. The van der Waals surface area contributed by atoms with Crippen molar-refractivity contribution in [2.24, 2.45) is 7.05 Å². The lowest BCUT2D eigenvalue weighted by Gasteiger charge is -2.13. The highest BCUT2D eigenvalue weighted by Gasteiger charge is 2.55. The van der Waals surface area contributed by atoms with Crippen LogP contribution in [0.2, 0.25) is 0 Å². The van der Waals surface area contributed by atoms with Crippen molar-refractivity contribution in [3.8, 4) is 6.01 Å². The van der Waals surface area contributed by atoms with E-state index in [1.807, 2.05) is 0 Å². The Morgan fingerprint density at radius 1 is 1.25 bits per heavy atom. The lowest BCUT2D eigenvalue weighted by atomic mass is 10.5. The Labute approximate surface area is 107 Å². The molecule has 0 aliphatic carbocycles. The highest BCUT2D eigenvalue weighted by Crippen LogP contribution is 2.33. The largest absolute Gasteiger partial charge is 0.534 e. The average molecular weight is 331 g/mol. The van der Waals surface area contributed by atoms with Crippen LogP contribution in [0.25, 0.3) is 0 Å². The quantitative estimate of drug-likeness (QED) is 0.362. The minimum absolute atomic E-state index is 0.257. The zero-order valence-corrected chi connectivity index (χ0v) is 10.2. The molecule has 0 aliphatic heterocycles. The topological polar surface area (TPSA) is 52.2 Å². The summed E-state index contributed by atoms with van der Waals surface area (Å²) in [6, 6.07) is -6.56. The Kier molecular flexibility index (Phi) is 3.95. The molecule has 0 N–H and O–H groups in total. The van der Waals surface area contributed by atoms with Crippen LogP contribution in [0.4, 0.5) is 30.7 Å². The van der Waals surface area contributed by atoms with E-state index in [-0.39, 0.29) is 6.20 Å². The highest BCUT2D eigenvalue weighted by molar-refractivity contribution is 7.87. The number of rotatable bonds is 4. The smallest absolute Gasteiger partial charge is 0.302 e. The zero-order chi connectivity index (χ0) is 15.9. The number of alkyl halides is 7. The number of hydrogen-bond acceptors (Lipinski definition) is 3. The van der Waals surface area contributed by atoms with Gasteiger partial charge in [-0.3, -0.25) is 0 Å². The van der Waals surface area contributed by atoms with Gasteiger partial charge in [-0.2, -0.15) is 43.7 Å². The van der Waals surface area contributed by atoms with Crippen LogP contribution in [0, 0.1) is 0 Å². The number of nitrogens with zero attached hydrogens (tertiary/aromatic N) is 2. The Morgan fingerprint density at radius 3 is 2.15 bits per heavy atom. The molecule has 0 aliphatic rings. The molecule has 1 aromatic heterocycles. The second-order valence-corrected chi connectivity index (χ2v) is 4.97. The van der Waals surface area contributed by atoms with Gasteiger partial charge in [-0.1, -0.05) is 0 Å². The summed E-state index contributed by atoms with van der Waals surface area (Å²) < 4.78 is 111. The average Bonchev–Trinajstić information content (AvgIpc) is 2.58. The van der Waals surface area contributed by atoms with Gasteiger partial charge in [0.1, 0.15) is 12.4 Å². The molecule has 0 radical (unpaired) electrons. The molecule has 20 heavy (non-hydrogen) atoms. The van der Waals surface area contributed by atoms with Crippen molar-refractivity contribution in [3.05, 3.63) is 12.4 Å². The first-order chi connectivity index (χ1) is 8.80. The molecule has 1 aromatic rings. The van der Waals surface area contributed by atoms with Gasteiger partial charge in [-0.05, 0) is 0 Å². The lowest BCUT2D eigenvalue weighted by molar-refractivity contribution is -0.674. The molecule has 0 atom stereocenters. The molecule has 0 aromatic carbocycles. The van der Waals surface area contributed by atoms with Crippen molar-refractivity contribution < 1.29 is 47.9 Å². The first-order valence-electron chi connectivity index (χ1n) is 4.55. The lowest BCUT2D eigenvalue weighted by Crippen LogP contribution is -2.39. The van der Waals surface area contributed by atoms with E-state index in [2.05, 4.69) is 4.18 Å². The first-order valence-corrected chi connectivity index (χ1v) is 5.95. The third-order valence-electron chi connectivity index (χ3n) is 2.00. The second kappa shape index (κ2) is 4.79. The summed E-state index contributed by atoms with van der Waals surface area (Å²) in [7, 11) is -5.44. The number of imidazole rings is 1. The molecule has 0 unspecified atom stereocenters. The van der Waals surface area contributed by atoms with Crippen molar-refractivity contribution in [2.45, 2.75) is 18.0 Å². The maximum atomic E-state index is 13.1. The van der Waals surface area contributed by atoms with Crippen molar-refractivity contribution in [3.63, 3.8) is 0 Å². The van der Waals surface area contributed by atoms with E-state index < -0.39 is 38.7 Å². The molecule has 5 nitrogen and oxygen atoms in total. The molecular formula is C7H6F7N2O3S+. The van der Waals surface area contributed by atoms with Gasteiger partial charge in [0, 0.05) is 0 Å². The van der Waals surface area contributed by atoms with Crippen molar-refractivity contribution in [1.29, 1.82) is 0 Å². The van der Waals surface area contributed by atoms with Crippen LogP contribution in [-0.4, -0.2) is 24.9 Å². The van der Waals surface area contributed by atoms with Crippen molar-refractivity contribution >= 4 is 10.1 Å². The SMILES string of the molecule is C[n+]1ccn(C(F)(F)C(F)F)c1OS(=O)(=O)C(F)(F)F. The molecule has 0 spiro atoms. The Balaban J connectivity index is 3.33. The number of aromatic nitrogens is 2. The minimum Gasteiger partial charge on any atom is -0.302 e. The molecule has 1 rings (SSSR count). The molecular weight excluding hydrogens is 325 g/mol. The highest BCUT2D eigenvalue weighted by atomic mass is 32.2. The van der Waals surface area contributed by atoms with Gasteiger partial charge in [0.15, 0.2) is 0 Å². The van der Waals surface area contributed by atoms with E-state index in [9.17, 15) is 39.2 Å². The third-order valence-corrected chi connectivity index (χ3v) is 2.93. The van der Waals surface area contributed by atoms with Crippen LogP contribution in [0.1, 0.15) is 0 Å². The molecule has 0 saturated carbocycles. The summed E-state index contributed by atoms with van der Waals surface area (Å²) in [5.41, 5.74) is -5.89. The van der Waals surface area contributed by atoms with E-state index in [4.69, 9.17) is 0 Å². The zero-order valence-electron chi connectivity index (χ0n) is 9.41. The van der Waals surface area contributed by atoms with Crippen LogP contribution in [0.3, 0.4) is 0 Å². The number of halogens is 7. The summed E-state index contributed by atoms with van der Waals surface area (Å²) in [6.07, 6.45) is -3.41. The standard InChI is InChI=1S/C7H6F7N2O3S/c1-15-2-3-16(6(10,11)4(8)9)5(15)19-20(17,18)7(12,13)14/h2-4H,1H3/q+1. The van der Waals surface area contributed by atoms with Gasteiger partial charge < -0.3 is 4.18 Å². The van der Waals surface area contributed by atoms with Crippen LogP contribution in [0.5, 0.6) is 6.01 Å². The fourth-order valence-electron chi connectivity index (χ4n) is 1.04. The summed E-state index contributed by atoms with van der Waals surface area (Å²) >= 11 is 0. The third kappa shape index (κ3) is 2.81. The minimum atomic E-state index is -6.27. The van der Waals surface area contributed by atoms with Crippen LogP contribution in [0.15, 0.2) is 12.4 Å². The maximum Gasteiger partial charge on any atom is 0.534 e. The van der Waals surface area contributed by atoms with Crippen LogP contribution >= 0.6 is 0 Å². The van der Waals surface area contributed by atoms with Crippen LogP contribution in [-0.2, 0) is 23.2 Å². The van der Waals surface area contributed by atoms with E-state index in [0.29, 0.717) is 10.8 Å². The molecule has 116 valence electrons. The predicted molar refractivity (Wildman–Crippen MR) is 47.4 cm³/mol. The van der Waals surface area contributed by atoms with Crippen LogP contribution < -0.4 is 8.75 Å². The van der Waals surface area contributed by atoms with Gasteiger partial charge in [0.2, 0.25) is 0 Å².